The van der Waals surface area contributed by atoms with Gasteiger partial charge in [-0.1, -0.05) is 18.2 Å². The van der Waals surface area contributed by atoms with Gasteiger partial charge in [0.25, 0.3) is 0 Å². The van der Waals surface area contributed by atoms with Crippen LogP contribution in [-0.2, 0) is 6.54 Å². The molecule has 0 bridgehead atoms. The van der Waals surface area contributed by atoms with Crippen LogP contribution in [0.3, 0.4) is 0 Å². The highest BCUT2D eigenvalue weighted by Gasteiger charge is 2.26. The van der Waals surface area contributed by atoms with E-state index in [2.05, 4.69) is 5.32 Å². The molecule has 5 heteroatoms. The number of nitrogens with two attached hydrogens (primary N) is 1. The van der Waals surface area contributed by atoms with Gasteiger partial charge in [-0.2, -0.15) is 13.2 Å². The summed E-state index contributed by atoms with van der Waals surface area (Å²) in [7, 11) is 0. The summed E-state index contributed by atoms with van der Waals surface area (Å²) >= 11 is 0. The molecule has 0 aliphatic rings. The first-order valence-electron chi connectivity index (χ1n) is 4.10. The average Bonchev–Trinajstić information content (AvgIpc) is 2.06. The second-order valence-corrected chi connectivity index (χ2v) is 2.92. The zero-order valence-corrected chi connectivity index (χ0v) is 7.43. The summed E-state index contributed by atoms with van der Waals surface area (Å²) in [6, 6.07) is 6.83. The second-order valence-electron chi connectivity index (χ2n) is 2.92. The van der Waals surface area contributed by atoms with Gasteiger partial charge in [0.2, 0.25) is 0 Å². The SMILES string of the molecule is Nc1ccccc1CNCC(F)(F)F. The maximum atomic E-state index is 11.8. The highest BCUT2D eigenvalue weighted by Crippen LogP contribution is 2.14. The highest BCUT2D eigenvalue weighted by molar-refractivity contribution is 5.46. The van der Waals surface area contributed by atoms with Crippen molar-refractivity contribution in [2.75, 3.05) is 12.3 Å². The third-order valence-electron chi connectivity index (χ3n) is 1.70. The lowest BCUT2D eigenvalue weighted by Gasteiger charge is -2.09. The summed E-state index contributed by atoms with van der Waals surface area (Å²) in [4.78, 5) is 0. The van der Waals surface area contributed by atoms with Gasteiger partial charge < -0.3 is 11.1 Å². The van der Waals surface area contributed by atoms with Crippen LogP contribution in [0.2, 0.25) is 0 Å². The van der Waals surface area contributed by atoms with Crippen LogP contribution in [0.5, 0.6) is 0 Å². The van der Waals surface area contributed by atoms with Crippen molar-refractivity contribution in [2.45, 2.75) is 12.7 Å². The minimum Gasteiger partial charge on any atom is -0.398 e. The third kappa shape index (κ3) is 3.66. The van der Waals surface area contributed by atoms with Gasteiger partial charge in [0.05, 0.1) is 6.54 Å². The van der Waals surface area contributed by atoms with Gasteiger partial charge in [0.1, 0.15) is 0 Å². The fraction of sp³-hybridized carbons (Fsp3) is 0.333. The van der Waals surface area contributed by atoms with Crippen LogP contribution in [-0.4, -0.2) is 12.7 Å². The number of nitrogen functional groups attached to an aromatic ring is 1. The third-order valence-corrected chi connectivity index (χ3v) is 1.70. The Bertz CT molecular complexity index is 296. The van der Waals surface area contributed by atoms with E-state index < -0.39 is 12.7 Å². The summed E-state index contributed by atoms with van der Waals surface area (Å²) in [6.07, 6.45) is -4.18. The molecule has 0 saturated carbocycles. The Morgan fingerprint density at radius 2 is 1.86 bits per heavy atom. The number of hydrogen-bond donors (Lipinski definition) is 2. The van der Waals surface area contributed by atoms with Crippen molar-refractivity contribution >= 4 is 5.69 Å². The van der Waals surface area contributed by atoms with E-state index in [4.69, 9.17) is 5.73 Å². The van der Waals surface area contributed by atoms with Crippen molar-refractivity contribution in [3.8, 4) is 0 Å². The summed E-state index contributed by atoms with van der Waals surface area (Å²) in [5.74, 6) is 0. The molecule has 0 heterocycles. The minimum absolute atomic E-state index is 0.131. The Balaban J connectivity index is 2.43. The van der Waals surface area contributed by atoms with Crippen molar-refractivity contribution in [1.82, 2.24) is 5.32 Å². The molecule has 1 aromatic rings. The number of halogens is 3. The fourth-order valence-electron chi connectivity index (χ4n) is 1.03. The molecule has 1 aromatic carbocycles. The molecule has 0 fully saturated rings. The number of alkyl halides is 3. The van der Waals surface area contributed by atoms with Gasteiger partial charge in [-0.15, -0.1) is 0 Å². The quantitative estimate of drug-likeness (QED) is 0.738. The van der Waals surface area contributed by atoms with E-state index in [0.29, 0.717) is 11.3 Å². The molecule has 0 saturated heterocycles. The van der Waals surface area contributed by atoms with Crippen LogP contribution in [0.15, 0.2) is 24.3 Å². The smallest absolute Gasteiger partial charge is 0.398 e. The van der Waals surface area contributed by atoms with Crippen LogP contribution in [0.4, 0.5) is 18.9 Å². The fourth-order valence-corrected chi connectivity index (χ4v) is 1.03. The normalized spacial score (nSPS) is 11.6. The maximum Gasteiger partial charge on any atom is 0.401 e. The van der Waals surface area contributed by atoms with Gasteiger partial charge in [0, 0.05) is 12.2 Å². The van der Waals surface area contributed by atoms with E-state index in [-0.39, 0.29) is 6.54 Å². The topological polar surface area (TPSA) is 38.0 Å². The lowest BCUT2D eigenvalue weighted by molar-refractivity contribution is -0.125. The molecule has 0 spiro atoms. The number of hydrogen-bond acceptors (Lipinski definition) is 2. The summed E-state index contributed by atoms with van der Waals surface area (Å²) in [6.45, 7) is -0.868. The first-order valence-corrected chi connectivity index (χ1v) is 4.10. The molecule has 0 aliphatic heterocycles. The lowest BCUT2D eigenvalue weighted by Crippen LogP contribution is -2.28. The van der Waals surface area contributed by atoms with Crippen molar-refractivity contribution in [2.24, 2.45) is 0 Å². The largest absolute Gasteiger partial charge is 0.401 e. The number of para-hydroxylation sites is 1. The van der Waals surface area contributed by atoms with Crippen molar-refractivity contribution in [1.29, 1.82) is 0 Å². The lowest BCUT2D eigenvalue weighted by atomic mass is 10.2. The molecule has 14 heavy (non-hydrogen) atoms. The van der Waals surface area contributed by atoms with E-state index >= 15 is 0 Å². The van der Waals surface area contributed by atoms with Gasteiger partial charge in [0.15, 0.2) is 0 Å². The molecule has 0 unspecified atom stereocenters. The molecule has 1 rings (SSSR count). The van der Waals surface area contributed by atoms with Crippen molar-refractivity contribution in [3.63, 3.8) is 0 Å². The standard InChI is InChI=1S/C9H11F3N2/c10-9(11,12)6-14-5-7-3-1-2-4-8(7)13/h1-4,14H,5-6,13H2. The molecule has 0 aliphatic carbocycles. The molecule has 0 amide bonds. The Morgan fingerprint density at radius 1 is 1.21 bits per heavy atom. The molecule has 2 nitrogen and oxygen atoms in total. The summed E-state index contributed by atoms with van der Waals surface area (Å²) in [5, 5.41) is 2.28. The van der Waals surface area contributed by atoms with Crippen molar-refractivity contribution in [3.05, 3.63) is 29.8 Å². The molecule has 3 N–H and O–H groups in total. The average molecular weight is 204 g/mol. The Kier molecular flexibility index (Phi) is 3.35. The zero-order valence-electron chi connectivity index (χ0n) is 7.43. The zero-order chi connectivity index (χ0) is 10.6. The number of benzene rings is 1. The molecular weight excluding hydrogens is 193 g/mol. The summed E-state index contributed by atoms with van der Waals surface area (Å²) < 4.78 is 35.3. The number of nitrogens with one attached hydrogen (secondary N) is 1. The molecule has 78 valence electrons. The predicted octanol–water partition coefficient (Wildman–Crippen LogP) is 1.92. The second kappa shape index (κ2) is 4.32. The first kappa shape index (κ1) is 10.8. The molecule has 0 aromatic heterocycles. The van der Waals surface area contributed by atoms with E-state index in [1.807, 2.05) is 0 Å². The predicted molar refractivity (Wildman–Crippen MR) is 48.6 cm³/mol. The molecule has 0 radical (unpaired) electrons. The highest BCUT2D eigenvalue weighted by atomic mass is 19.4. The first-order chi connectivity index (χ1) is 6.49. The van der Waals surface area contributed by atoms with Crippen LogP contribution in [0, 0.1) is 0 Å². The monoisotopic (exact) mass is 204 g/mol. The Hall–Kier alpha value is -1.23. The Morgan fingerprint density at radius 3 is 2.43 bits per heavy atom. The van der Waals surface area contributed by atoms with Crippen molar-refractivity contribution < 1.29 is 13.2 Å². The van der Waals surface area contributed by atoms with Crippen LogP contribution in [0.25, 0.3) is 0 Å². The Labute approximate surface area is 79.9 Å². The van der Waals surface area contributed by atoms with Gasteiger partial charge in [-0.3, -0.25) is 0 Å². The minimum atomic E-state index is -4.18. The number of rotatable bonds is 3. The molecular formula is C9H11F3N2. The number of anilines is 1. The van der Waals surface area contributed by atoms with Crippen LogP contribution in [0.1, 0.15) is 5.56 Å². The van der Waals surface area contributed by atoms with Gasteiger partial charge in [-0.25, -0.2) is 0 Å². The van der Waals surface area contributed by atoms with E-state index in [1.165, 1.54) is 0 Å². The van der Waals surface area contributed by atoms with E-state index in [1.54, 1.807) is 24.3 Å². The van der Waals surface area contributed by atoms with E-state index in [0.717, 1.165) is 0 Å². The summed E-state index contributed by atoms with van der Waals surface area (Å²) in [5.41, 5.74) is 6.73. The maximum absolute atomic E-state index is 11.8. The van der Waals surface area contributed by atoms with Crippen LogP contribution < -0.4 is 11.1 Å². The van der Waals surface area contributed by atoms with Crippen LogP contribution >= 0.6 is 0 Å². The molecule has 0 atom stereocenters. The van der Waals surface area contributed by atoms with Gasteiger partial charge in [-0.05, 0) is 11.6 Å². The van der Waals surface area contributed by atoms with E-state index in [9.17, 15) is 13.2 Å². The van der Waals surface area contributed by atoms with Gasteiger partial charge >= 0.3 is 6.18 Å².